The molecule has 0 atom stereocenters. The third-order valence-electron chi connectivity index (χ3n) is 2.27. The summed E-state index contributed by atoms with van der Waals surface area (Å²) in [5.41, 5.74) is 1.15. The van der Waals surface area contributed by atoms with Gasteiger partial charge in [0.25, 0.3) is 10.0 Å². The van der Waals surface area contributed by atoms with Crippen molar-refractivity contribution >= 4 is 58.9 Å². The van der Waals surface area contributed by atoms with Crippen LogP contribution in [-0.2, 0) is 10.0 Å². The number of thiophene rings is 1. The third-order valence-corrected chi connectivity index (χ3v) is 6.91. The van der Waals surface area contributed by atoms with Crippen LogP contribution in [0.1, 0.15) is 5.56 Å². The molecule has 1 N–H and O–H groups in total. The molecule has 102 valence electrons. The number of nitrogens with one attached hydrogen (secondary N) is 1. The number of hydrogen-bond acceptors (Lipinski definition) is 3. The van der Waals surface area contributed by atoms with E-state index in [1.807, 2.05) is 6.92 Å². The van der Waals surface area contributed by atoms with E-state index < -0.39 is 15.8 Å². The molecular formula is C11H8Br2FNO2S2. The van der Waals surface area contributed by atoms with Gasteiger partial charge in [0.05, 0.1) is 9.47 Å². The summed E-state index contributed by atoms with van der Waals surface area (Å²) >= 11 is 7.53. The van der Waals surface area contributed by atoms with Crippen LogP contribution in [0.25, 0.3) is 0 Å². The summed E-state index contributed by atoms with van der Waals surface area (Å²) in [7, 11) is -3.66. The van der Waals surface area contributed by atoms with Gasteiger partial charge >= 0.3 is 0 Å². The second-order valence-electron chi connectivity index (χ2n) is 3.75. The predicted molar refractivity (Wildman–Crippen MR) is 81.7 cm³/mol. The van der Waals surface area contributed by atoms with Crippen LogP contribution in [-0.4, -0.2) is 8.42 Å². The Bertz CT molecular complexity index is 709. The second-order valence-corrected chi connectivity index (χ2v) is 8.89. The molecule has 0 aliphatic rings. The summed E-state index contributed by atoms with van der Waals surface area (Å²) in [5, 5.41) is 0. The highest BCUT2D eigenvalue weighted by molar-refractivity contribution is 9.11. The first-order chi connectivity index (χ1) is 8.79. The quantitative estimate of drug-likeness (QED) is 0.780. The standard InChI is InChI=1S/C11H8Br2FNO2S2/c1-6-4-10(18-11(6)13)19(16,17)15-9-3-2-7(14)5-8(9)12/h2-5,15H,1H3. The third kappa shape index (κ3) is 3.36. The first-order valence-corrected chi connectivity index (χ1v) is 8.92. The molecule has 19 heavy (non-hydrogen) atoms. The van der Waals surface area contributed by atoms with Crippen LogP contribution >= 0.6 is 43.2 Å². The van der Waals surface area contributed by atoms with Gasteiger partial charge < -0.3 is 0 Å². The molecule has 0 bridgehead atoms. The topological polar surface area (TPSA) is 46.2 Å². The minimum Gasteiger partial charge on any atom is -0.278 e. The van der Waals surface area contributed by atoms with Gasteiger partial charge in [-0.2, -0.15) is 0 Å². The van der Waals surface area contributed by atoms with Crippen LogP contribution < -0.4 is 4.72 Å². The van der Waals surface area contributed by atoms with E-state index in [1.165, 1.54) is 18.2 Å². The molecule has 0 radical (unpaired) electrons. The number of benzene rings is 1. The Morgan fingerprint density at radius 3 is 2.47 bits per heavy atom. The SMILES string of the molecule is Cc1cc(S(=O)(=O)Nc2ccc(F)cc2Br)sc1Br. The van der Waals surface area contributed by atoms with Crippen LogP contribution in [0.3, 0.4) is 0 Å². The molecule has 2 aromatic rings. The molecule has 3 nitrogen and oxygen atoms in total. The van der Waals surface area contributed by atoms with E-state index in [2.05, 4.69) is 36.6 Å². The Kier molecular flexibility index (Phi) is 4.34. The highest BCUT2D eigenvalue weighted by Gasteiger charge is 2.19. The molecule has 0 saturated heterocycles. The zero-order valence-electron chi connectivity index (χ0n) is 9.58. The van der Waals surface area contributed by atoms with Gasteiger partial charge in [0, 0.05) is 4.47 Å². The number of hydrogen-bond donors (Lipinski definition) is 1. The lowest BCUT2D eigenvalue weighted by Gasteiger charge is -2.08. The van der Waals surface area contributed by atoms with Gasteiger partial charge in [0.1, 0.15) is 10.0 Å². The van der Waals surface area contributed by atoms with Gasteiger partial charge in [0.15, 0.2) is 0 Å². The van der Waals surface area contributed by atoms with Crippen LogP contribution in [0, 0.1) is 12.7 Å². The largest absolute Gasteiger partial charge is 0.278 e. The average molecular weight is 429 g/mol. The van der Waals surface area contributed by atoms with Crippen molar-refractivity contribution in [2.45, 2.75) is 11.1 Å². The number of aryl methyl sites for hydroxylation is 1. The van der Waals surface area contributed by atoms with E-state index in [0.717, 1.165) is 20.7 Å². The summed E-state index contributed by atoms with van der Waals surface area (Å²) in [4.78, 5) is 0. The highest BCUT2D eigenvalue weighted by Crippen LogP contribution is 2.32. The summed E-state index contributed by atoms with van der Waals surface area (Å²) in [6.07, 6.45) is 0. The van der Waals surface area contributed by atoms with Crippen molar-refractivity contribution in [3.8, 4) is 0 Å². The zero-order chi connectivity index (χ0) is 14.2. The Labute approximate surface area is 131 Å². The van der Waals surface area contributed by atoms with E-state index in [1.54, 1.807) is 6.07 Å². The molecule has 0 aliphatic carbocycles. The molecule has 0 aliphatic heterocycles. The summed E-state index contributed by atoms with van der Waals surface area (Å²) in [6, 6.07) is 5.34. The van der Waals surface area contributed by atoms with Crippen molar-refractivity contribution in [2.24, 2.45) is 0 Å². The minimum absolute atomic E-state index is 0.202. The van der Waals surface area contributed by atoms with Crippen molar-refractivity contribution in [1.82, 2.24) is 0 Å². The number of rotatable bonds is 3. The molecule has 0 saturated carbocycles. The van der Waals surface area contributed by atoms with Crippen molar-refractivity contribution in [2.75, 3.05) is 4.72 Å². The van der Waals surface area contributed by atoms with E-state index in [0.29, 0.717) is 10.2 Å². The fraction of sp³-hybridized carbons (Fsp3) is 0.0909. The Balaban J connectivity index is 2.36. The van der Waals surface area contributed by atoms with Gasteiger partial charge in [-0.3, -0.25) is 4.72 Å². The summed E-state index contributed by atoms with van der Waals surface area (Å²) in [5.74, 6) is -0.440. The second kappa shape index (κ2) is 5.51. The zero-order valence-corrected chi connectivity index (χ0v) is 14.4. The Hall–Kier alpha value is -0.440. The van der Waals surface area contributed by atoms with Gasteiger partial charge in [0.2, 0.25) is 0 Å². The molecule has 1 aromatic heterocycles. The molecule has 1 heterocycles. The number of halogens is 3. The lowest BCUT2D eigenvalue weighted by molar-refractivity contribution is 0.602. The summed E-state index contributed by atoms with van der Waals surface area (Å²) < 4.78 is 41.0. The lowest BCUT2D eigenvalue weighted by Crippen LogP contribution is -2.11. The fourth-order valence-electron chi connectivity index (χ4n) is 1.33. The van der Waals surface area contributed by atoms with E-state index >= 15 is 0 Å². The smallest absolute Gasteiger partial charge is 0.271 e. The maximum Gasteiger partial charge on any atom is 0.271 e. The van der Waals surface area contributed by atoms with Crippen molar-refractivity contribution in [1.29, 1.82) is 0 Å². The molecule has 1 aromatic carbocycles. The maximum atomic E-state index is 12.9. The Morgan fingerprint density at radius 2 is 1.95 bits per heavy atom. The van der Waals surface area contributed by atoms with E-state index in [-0.39, 0.29) is 4.21 Å². The monoisotopic (exact) mass is 427 g/mol. The van der Waals surface area contributed by atoms with E-state index in [4.69, 9.17) is 0 Å². The fourth-order valence-corrected chi connectivity index (χ4v) is 5.22. The number of sulfonamides is 1. The van der Waals surface area contributed by atoms with Crippen molar-refractivity contribution < 1.29 is 12.8 Å². The van der Waals surface area contributed by atoms with Gasteiger partial charge in [-0.1, -0.05) is 0 Å². The van der Waals surface area contributed by atoms with E-state index in [9.17, 15) is 12.8 Å². The first-order valence-electron chi connectivity index (χ1n) is 5.03. The van der Waals surface area contributed by atoms with Gasteiger partial charge in [-0.05, 0) is 68.6 Å². The lowest BCUT2D eigenvalue weighted by atomic mass is 10.3. The van der Waals surface area contributed by atoms with Crippen LogP contribution in [0.15, 0.2) is 36.7 Å². The average Bonchev–Trinajstić information content (AvgIpc) is 2.64. The molecule has 8 heteroatoms. The molecule has 0 amide bonds. The maximum absolute atomic E-state index is 12.9. The minimum atomic E-state index is -3.66. The number of anilines is 1. The summed E-state index contributed by atoms with van der Waals surface area (Å²) in [6.45, 7) is 1.81. The molecule has 0 fully saturated rings. The molecule has 0 unspecified atom stereocenters. The molecule has 0 spiro atoms. The normalized spacial score (nSPS) is 11.6. The first kappa shape index (κ1) is 15.0. The highest BCUT2D eigenvalue weighted by atomic mass is 79.9. The van der Waals surface area contributed by atoms with Crippen LogP contribution in [0.5, 0.6) is 0 Å². The predicted octanol–water partition coefficient (Wildman–Crippen LogP) is 4.52. The van der Waals surface area contributed by atoms with Crippen LogP contribution in [0.2, 0.25) is 0 Å². The van der Waals surface area contributed by atoms with Gasteiger partial charge in [-0.15, -0.1) is 11.3 Å². The Morgan fingerprint density at radius 1 is 1.26 bits per heavy atom. The van der Waals surface area contributed by atoms with Crippen molar-refractivity contribution in [3.63, 3.8) is 0 Å². The van der Waals surface area contributed by atoms with Crippen LogP contribution in [0.4, 0.5) is 10.1 Å². The van der Waals surface area contributed by atoms with Gasteiger partial charge in [-0.25, -0.2) is 12.8 Å². The molecule has 2 rings (SSSR count). The van der Waals surface area contributed by atoms with Crippen molar-refractivity contribution in [3.05, 3.63) is 43.9 Å². The molecular weight excluding hydrogens is 421 g/mol.